The topological polar surface area (TPSA) is 65.0 Å². The Morgan fingerprint density at radius 3 is 2.14 bits per heavy atom. The molecular weight excluding hydrogens is 459 g/mol. The number of rotatable bonds is 7. The van der Waals surface area contributed by atoms with Gasteiger partial charge < -0.3 is 15.3 Å². The highest BCUT2D eigenvalue weighted by Crippen LogP contribution is 2.35. The van der Waals surface area contributed by atoms with Gasteiger partial charge in [0.25, 0.3) is 0 Å². The molecule has 0 spiro atoms. The van der Waals surface area contributed by atoms with Gasteiger partial charge in [0.1, 0.15) is 0 Å². The van der Waals surface area contributed by atoms with Crippen molar-refractivity contribution in [2.75, 3.05) is 32.7 Å². The van der Waals surface area contributed by atoms with E-state index < -0.39 is 23.4 Å². The van der Waals surface area contributed by atoms with Gasteiger partial charge in [-0.3, -0.25) is 4.90 Å². The molecule has 190 valence electrons. The normalized spacial score (nSPS) is 19.0. The van der Waals surface area contributed by atoms with Crippen LogP contribution in [0, 0.1) is 0 Å². The average molecular weight is 492 g/mol. The number of aliphatic hydroxyl groups is 1. The largest absolute Gasteiger partial charge is 0.426 e. The van der Waals surface area contributed by atoms with Crippen molar-refractivity contribution < 1.29 is 27.9 Å². The van der Waals surface area contributed by atoms with Crippen molar-refractivity contribution in [1.29, 1.82) is 0 Å². The monoisotopic (exact) mass is 491 g/mol. The van der Waals surface area contributed by atoms with E-state index in [-0.39, 0.29) is 25.9 Å². The number of carbonyl (C=O) groups is 1. The molecule has 0 unspecified atom stereocenters. The van der Waals surface area contributed by atoms with Crippen molar-refractivity contribution in [3.05, 3.63) is 70.8 Å². The Morgan fingerprint density at radius 1 is 0.943 bits per heavy atom. The molecule has 2 aliphatic rings. The third kappa shape index (κ3) is 6.96. The van der Waals surface area contributed by atoms with Crippen LogP contribution in [0.5, 0.6) is 0 Å². The molecule has 4 rings (SSSR count). The predicted molar refractivity (Wildman–Crippen MR) is 125 cm³/mol. The predicted octanol–water partition coefficient (Wildman–Crippen LogP) is 4.47. The molecule has 1 amide bonds. The van der Waals surface area contributed by atoms with Crippen LogP contribution in [0.15, 0.2) is 48.5 Å². The number of likely N-dealkylation sites (tertiary alicyclic amines) is 1. The Kier molecular flexibility index (Phi) is 7.98. The number of halogens is 3. The highest BCUT2D eigenvalue weighted by atomic mass is 19.4. The van der Waals surface area contributed by atoms with Gasteiger partial charge in [-0.15, -0.1) is 5.06 Å². The zero-order valence-corrected chi connectivity index (χ0v) is 19.7. The molecule has 2 saturated heterocycles. The smallest absolute Gasteiger partial charge is 0.385 e. The number of amides is 1. The zero-order valence-electron chi connectivity index (χ0n) is 19.7. The van der Waals surface area contributed by atoms with Gasteiger partial charge in [-0.25, -0.2) is 4.79 Å². The first kappa shape index (κ1) is 25.5. The van der Waals surface area contributed by atoms with Crippen molar-refractivity contribution in [2.24, 2.45) is 0 Å². The second kappa shape index (κ2) is 11.0. The Hall–Kier alpha value is -2.62. The van der Waals surface area contributed by atoms with E-state index in [0.29, 0.717) is 18.5 Å². The number of nitrogens with one attached hydrogen (secondary N) is 1. The van der Waals surface area contributed by atoms with Gasteiger partial charge in [0, 0.05) is 26.2 Å². The van der Waals surface area contributed by atoms with Crippen molar-refractivity contribution in [1.82, 2.24) is 15.3 Å². The van der Waals surface area contributed by atoms with E-state index in [4.69, 9.17) is 4.84 Å². The van der Waals surface area contributed by atoms with Crippen LogP contribution in [0.1, 0.15) is 47.9 Å². The summed E-state index contributed by atoms with van der Waals surface area (Å²) in [6.45, 7) is 4.31. The molecule has 2 aromatic carbocycles. The molecule has 0 radical (unpaired) electrons. The summed E-state index contributed by atoms with van der Waals surface area (Å²) in [5.41, 5.74) is 0.863. The summed E-state index contributed by atoms with van der Waals surface area (Å²) in [7, 11) is 0. The van der Waals surface area contributed by atoms with Crippen LogP contribution in [-0.4, -0.2) is 53.9 Å². The van der Waals surface area contributed by atoms with E-state index >= 15 is 0 Å². The van der Waals surface area contributed by atoms with Gasteiger partial charge in [0.05, 0.1) is 11.2 Å². The van der Waals surface area contributed by atoms with Crippen molar-refractivity contribution >= 4 is 6.09 Å². The molecule has 0 bridgehead atoms. The van der Waals surface area contributed by atoms with E-state index in [2.05, 4.69) is 34.5 Å². The number of piperidine rings is 1. The number of carbonyl (C=O) groups excluding carboxylic acids is 1. The minimum absolute atomic E-state index is 0.245. The lowest BCUT2D eigenvalue weighted by Gasteiger charge is -2.37. The quantitative estimate of drug-likeness (QED) is 0.599. The second-order valence-electron chi connectivity index (χ2n) is 9.39. The molecule has 2 heterocycles. The summed E-state index contributed by atoms with van der Waals surface area (Å²) in [6, 6.07) is 13.0. The minimum atomic E-state index is -4.41. The highest BCUT2D eigenvalue weighted by Gasteiger charge is 2.36. The lowest BCUT2D eigenvalue weighted by molar-refractivity contribution is -0.151. The van der Waals surface area contributed by atoms with E-state index in [1.165, 1.54) is 48.7 Å². The fourth-order valence-corrected chi connectivity index (χ4v) is 4.67. The number of benzene rings is 2. The van der Waals surface area contributed by atoms with Crippen molar-refractivity contribution in [3.8, 4) is 0 Å². The Morgan fingerprint density at radius 2 is 1.54 bits per heavy atom. The number of alkyl halides is 3. The molecule has 9 heteroatoms. The molecule has 0 aromatic heterocycles. The maximum atomic E-state index is 12.8. The maximum absolute atomic E-state index is 12.8. The van der Waals surface area contributed by atoms with Crippen LogP contribution < -0.4 is 5.32 Å². The Bertz CT molecular complexity index is 966. The third-order valence-corrected chi connectivity index (χ3v) is 6.82. The minimum Gasteiger partial charge on any atom is -0.385 e. The van der Waals surface area contributed by atoms with Crippen LogP contribution in [-0.2, 0) is 29.6 Å². The number of hydroxylamine groups is 2. The second-order valence-corrected chi connectivity index (χ2v) is 9.39. The fraction of sp³-hybridized carbons (Fsp3) is 0.500. The first-order valence-electron chi connectivity index (χ1n) is 12.1. The van der Waals surface area contributed by atoms with Gasteiger partial charge in [-0.2, -0.15) is 13.2 Å². The van der Waals surface area contributed by atoms with Crippen molar-refractivity contribution in [2.45, 2.75) is 50.4 Å². The summed E-state index contributed by atoms with van der Waals surface area (Å²) in [5, 5.41) is 15.1. The summed E-state index contributed by atoms with van der Waals surface area (Å²) in [4.78, 5) is 20.0. The summed E-state index contributed by atoms with van der Waals surface area (Å²) >= 11 is 0. The average Bonchev–Trinajstić information content (AvgIpc) is 3.34. The molecule has 2 aromatic rings. The molecule has 0 aliphatic carbocycles. The number of hydrogen-bond donors (Lipinski definition) is 2. The van der Waals surface area contributed by atoms with Crippen LogP contribution in [0.25, 0.3) is 0 Å². The molecule has 6 nitrogen and oxygen atoms in total. The van der Waals surface area contributed by atoms with E-state index in [1.54, 1.807) is 0 Å². The highest BCUT2D eigenvalue weighted by molar-refractivity contribution is 5.66. The lowest BCUT2D eigenvalue weighted by Crippen LogP contribution is -2.45. The fourth-order valence-electron chi connectivity index (χ4n) is 4.67. The summed E-state index contributed by atoms with van der Waals surface area (Å²) in [5.74, 6) is 0. The zero-order chi connectivity index (χ0) is 24.9. The lowest BCUT2D eigenvalue weighted by atomic mass is 9.84. The van der Waals surface area contributed by atoms with Crippen LogP contribution in [0.2, 0.25) is 0 Å². The van der Waals surface area contributed by atoms with E-state index in [9.17, 15) is 23.1 Å². The van der Waals surface area contributed by atoms with Gasteiger partial charge >= 0.3 is 12.3 Å². The first-order valence-corrected chi connectivity index (χ1v) is 12.1. The van der Waals surface area contributed by atoms with Gasteiger partial charge in [0.15, 0.2) is 0 Å². The van der Waals surface area contributed by atoms with Crippen LogP contribution >= 0.6 is 0 Å². The Balaban J connectivity index is 1.16. The summed E-state index contributed by atoms with van der Waals surface area (Å²) in [6.07, 6.45) is -1.25. The van der Waals surface area contributed by atoms with Crippen LogP contribution in [0.3, 0.4) is 0 Å². The number of nitrogens with zero attached hydrogens (tertiary/aromatic N) is 2. The molecule has 0 atom stereocenters. The standard InChI is InChI=1S/C26H32F3N3O3/c27-26(28,29)23-9-7-22(8-10-23)25(34)12-17-32(18-13-25)35-24(33)30-14-11-20-3-5-21(6-4-20)19-31-15-1-2-16-31/h3-10,34H,1-2,11-19H2,(H,30,33). The SMILES string of the molecule is O=C(NCCc1ccc(CN2CCCC2)cc1)ON1CCC(O)(c2ccc(C(F)(F)F)cc2)CC1. The molecular formula is C26H32F3N3O3. The summed E-state index contributed by atoms with van der Waals surface area (Å²) < 4.78 is 38.3. The van der Waals surface area contributed by atoms with Crippen LogP contribution in [0.4, 0.5) is 18.0 Å². The molecule has 35 heavy (non-hydrogen) atoms. The number of hydrogen-bond acceptors (Lipinski definition) is 5. The van der Waals surface area contributed by atoms with E-state index in [0.717, 1.165) is 24.2 Å². The molecule has 0 saturated carbocycles. The van der Waals surface area contributed by atoms with E-state index in [1.807, 2.05) is 0 Å². The Labute approximate surface area is 203 Å². The maximum Gasteiger partial charge on any atom is 0.426 e. The molecule has 2 N–H and O–H groups in total. The van der Waals surface area contributed by atoms with Gasteiger partial charge in [-0.1, -0.05) is 36.4 Å². The van der Waals surface area contributed by atoms with Gasteiger partial charge in [-0.05, 0) is 74.0 Å². The van der Waals surface area contributed by atoms with Crippen molar-refractivity contribution in [3.63, 3.8) is 0 Å². The molecule has 2 aliphatic heterocycles. The molecule has 2 fully saturated rings. The third-order valence-electron chi connectivity index (χ3n) is 6.82. The first-order chi connectivity index (χ1) is 16.7. The van der Waals surface area contributed by atoms with Gasteiger partial charge in [0.2, 0.25) is 0 Å².